The number of hydrogen-bond acceptors (Lipinski definition) is 6. The minimum atomic E-state index is -1.51. The van der Waals surface area contributed by atoms with Crippen molar-refractivity contribution in [2.45, 2.75) is 82.8 Å². The molecule has 2 aliphatic rings. The van der Waals surface area contributed by atoms with E-state index in [-0.39, 0.29) is 24.5 Å². The van der Waals surface area contributed by atoms with Crippen LogP contribution in [0.2, 0.25) is 0 Å². The first-order valence-corrected chi connectivity index (χ1v) is 11.3. The van der Waals surface area contributed by atoms with E-state index in [0.717, 1.165) is 50.2 Å². The number of aliphatic hydroxyl groups is 1. The number of fused-ring (bicyclic) bond motifs is 1. The number of aromatic nitrogens is 1. The molecule has 1 atom stereocenters. The van der Waals surface area contributed by atoms with Crippen LogP contribution >= 0.6 is 0 Å². The Kier molecular flexibility index (Phi) is 7.64. The maximum atomic E-state index is 12.6. The molecule has 1 unspecified atom stereocenters. The maximum absolute atomic E-state index is 12.6. The number of anilines is 1. The molecule has 1 aromatic heterocycles. The number of nitrogens with zero attached hydrogens (tertiary/aromatic N) is 1. The van der Waals surface area contributed by atoms with Crippen molar-refractivity contribution in [1.82, 2.24) is 10.3 Å². The van der Waals surface area contributed by atoms with Gasteiger partial charge in [0.25, 0.3) is 0 Å². The molecular formula is C23H33N3O5. The SMILES string of the molecule is CC(=O)NC(C(=O)O)C1(O)CCC(C(=O)CCCCc2ccc3c(n2)NCCC3)CC1. The number of unbranched alkanes of at least 4 members (excludes halogenated alkanes) is 1. The largest absolute Gasteiger partial charge is 0.480 e. The standard InChI is InChI=1S/C23H33N3O5/c1-15(27)25-20(22(29)30)23(31)12-10-16(11-13-23)19(28)7-3-2-6-18-9-8-17-5-4-14-24-21(17)26-18/h8-9,16,20,31H,2-7,10-14H2,1H3,(H,24,26)(H,25,27)(H,29,30). The van der Waals surface area contributed by atoms with Crippen molar-refractivity contribution >= 4 is 23.5 Å². The molecule has 1 aliphatic heterocycles. The third-order valence-electron chi connectivity index (χ3n) is 6.50. The Hall–Kier alpha value is -2.48. The molecule has 2 heterocycles. The molecule has 0 aromatic carbocycles. The molecule has 1 amide bonds. The molecule has 31 heavy (non-hydrogen) atoms. The van der Waals surface area contributed by atoms with Gasteiger partial charge < -0.3 is 20.8 Å². The van der Waals surface area contributed by atoms with Crippen LogP contribution in [0, 0.1) is 5.92 Å². The molecule has 0 saturated heterocycles. The summed E-state index contributed by atoms with van der Waals surface area (Å²) >= 11 is 0. The molecular weight excluding hydrogens is 398 g/mol. The van der Waals surface area contributed by atoms with Crippen LogP contribution in [0.5, 0.6) is 0 Å². The fourth-order valence-corrected chi connectivity index (χ4v) is 4.68. The van der Waals surface area contributed by atoms with E-state index in [4.69, 9.17) is 0 Å². The van der Waals surface area contributed by atoms with Crippen molar-refractivity contribution < 1.29 is 24.6 Å². The molecule has 4 N–H and O–H groups in total. The Bertz CT molecular complexity index is 817. The van der Waals surface area contributed by atoms with Crippen molar-refractivity contribution in [3.63, 3.8) is 0 Å². The Morgan fingerprint density at radius 2 is 2.00 bits per heavy atom. The second-order valence-electron chi connectivity index (χ2n) is 8.86. The van der Waals surface area contributed by atoms with Crippen LogP contribution in [0.4, 0.5) is 5.82 Å². The highest BCUT2D eigenvalue weighted by Crippen LogP contribution is 2.36. The zero-order valence-corrected chi connectivity index (χ0v) is 18.2. The van der Waals surface area contributed by atoms with Crippen LogP contribution in [-0.4, -0.2) is 51.0 Å². The maximum Gasteiger partial charge on any atom is 0.329 e. The van der Waals surface area contributed by atoms with E-state index in [1.165, 1.54) is 12.5 Å². The third kappa shape index (κ3) is 6.03. The number of ketones is 1. The second kappa shape index (κ2) is 10.2. The van der Waals surface area contributed by atoms with Gasteiger partial charge in [0.2, 0.25) is 5.91 Å². The smallest absolute Gasteiger partial charge is 0.329 e. The Morgan fingerprint density at radius 1 is 1.26 bits per heavy atom. The molecule has 0 bridgehead atoms. The predicted molar refractivity (Wildman–Crippen MR) is 116 cm³/mol. The summed E-state index contributed by atoms with van der Waals surface area (Å²) in [6, 6.07) is 2.87. The van der Waals surface area contributed by atoms with Gasteiger partial charge in [0.1, 0.15) is 11.6 Å². The molecule has 170 valence electrons. The van der Waals surface area contributed by atoms with Crippen molar-refractivity contribution in [2.75, 3.05) is 11.9 Å². The molecule has 0 spiro atoms. The summed E-state index contributed by atoms with van der Waals surface area (Å²) < 4.78 is 0. The van der Waals surface area contributed by atoms with Gasteiger partial charge in [-0.3, -0.25) is 9.59 Å². The van der Waals surface area contributed by atoms with Crippen molar-refractivity contribution in [3.8, 4) is 0 Å². The first kappa shape index (κ1) is 23.2. The Morgan fingerprint density at radius 3 is 2.68 bits per heavy atom. The number of carboxylic acid groups (broad SMARTS) is 1. The summed E-state index contributed by atoms with van der Waals surface area (Å²) in [5.74, 6) is -0.739. The average molecular weight is 432 g/mol. The fraction of sp³-hybridized carbons (Fsp3) is 0.652. The fourth-order valence-electron chi connectivity index (χ4n) is 4.68. The Balaban J connectivity index is 1.42. The van der Waals surface area contributed by atoms with Gasteiger partial charge in [-0.15, -0.1) is 0 Å². The van der Waals surface area contributed by atoms with Crippen LogP contribution in [0.25, 0.3) is 0 Å². The topological polar surface area (TPSA) is 129 Å². The molecule has 1 saturated carbocycles. The van der Waals surface area contributed by atoms with E-state index in [2.05, 4.69) is 27.8 Å². The van der Waals surface area contributed by atoms with Gasteiger partial charge in [-0.2, -0.15) is 0 Å². The van der Waals surface area contributed by atoms with E-state index < -0.39 is 23.5 Å². The van der Waals surface area contributed by atoms with Crippen molar-refractivity contribution in [3.05, 3.63) is 23.4 Å². The van der Waals surface area contributed by atoms with Crippen molar-refractivity contribution in [2.24, 2.45) is 5.92 Å². The highest BCUT2D eigenvalue weighted by atomic mass is 16.4. The van der Waals surface area contributed by atoms with Crippen LogP contribution in [-0.2, 0) is 27.2 Å². The summed E-state index contributed by atoms with van der Waals surface area (Å²) in [5, 5.41) is 25.8. The van der Waals surface area contributed by atoms with Crippen LogP contribution < -0.4 is 10.6 Å². The van der Waals surface area contributed by atoms with Gasteiger partial charge in [-0.1, -0.05) is 6.07 Å². The number of rotatable bonds is 9. The Labute approximate surface area is 182 Å². The van der Waals surface area contributed by atoms with Crippen LogP contribution in [0.15, 0.2) is 12.1 Å². The lowest BCUT2D eigenvalue weighted by Crippen LogP contribution is -2.58. The van der Waals surface area contributed by atoms with E-state index >= 15 is 0 Å². The van der Waals surface area contributed by atoms with E-state index in [9.17, 15) is 24.6 Å². The summed E-state index contributed by atoms with van der Waals surface area (Å²) in [5.41, 5.74) is 0.799. The summed E-state index contributed by atoms with van der Waals surface area (Å²) in [4.78, 5) is 40.0. The first-order chi connectivity index (χ1) is 14.8. The first-order valence-electron chi connectivity index (χ1n) is 11.3. The van der Waals surface area contributed by atoms with E-state index in [1.807, 2.05) is 0 Å². The highest BCUT2D eigenvalue weighted by Gasteiger charge is 2.45. The molecule has 1 aromatic rings. The minimum absolute atomic E-state index is 0.155. The van der Waals surface area contributed by atoms with Gasteiger partial charge in [-0.25, -0.2) is 9.78 Å². The molecule has 1 fully saturated rings. The second-order valence-corrected chi connectivity index (χ2v) is 8.86. The van der Waals surface area contributed by atoms with Gasteiger partial charge >= 0.3 is 5.97 Å². The number of hydrogen-bond donors (Lipinski definition) is 4. The lowest BCUT2D eigenvalue weighted by Gasteiger charge is -2.39. The lowest BCUT2D eigenvalue weighted by atomic mass is 9.73. The quantitative estimate of drug-likeness (QED) is 0.441. The highest BCUT2D eigenvalue weighted by molar-refractivity contribution is 5.84. The zero-order valence-electron chi connectivity index (χ0n) is 18.2. The lowest BCUT2D eigenvalue weighted by molar-refractivity contribution is -0.153. The molecule has 0 radical (unpaired) electrons. The molecule has 8 nitrogen and oxygen atoms in total. The van der Waals surface area contributed by atoms with Crippen LogP contribution in [0.3, 0.4) is 0 Å². The molecule has 8 heteroatoms. The molecule has 1 aliphatic carbocycles. The number of carboxylic acids is 1. The number of nitrogens with one attached hydrogen (secondary N) is 2. The van der Waals surface area contributed by atoms with E-state index in [0.29, 0.717) is 19.3 Å². The third-order valence-corrected chi connectivity index (χ3v) is 6.50. The minimum Gasteiger partial charge on any atom is -0.480 e. The number of aryl methyl sites for hydroxylation is 2. The van der Waals surface area contributed by atoms with E-state index in [1.54, 1.807) is 0 Å². The summed E-state index contributed by atoms with van der Waals surface area (Å²) in [7, 11) is 0. The predicted octanol–water partition coefficient (Wildman–Crippen LogP) is 2.23. The summed E-state index contributed by atoms with van der Waals surface area (Å²) in [6.07, 6.45) is 6.46. The number of aliphatic carboxylic acids is 1. The average Bonchev–Trinajstić information content (AvgIpc) is 2.75. The van der Waals surface area contributed by atoms with Gasteiger partial charge in [0.15, 0.2) is 6.04 Å². The van der Waals surface area contributed by atoms with Gasteiger partial charge in [0, 0.05) is 31.5 Å². The summed E-state index contributed by atoms with van der Waals surface area (Å²) in [6.45, 7) is 2.19. The monoisotopic (exact) mass is 431 g/mol. The normalized spacial score (nSPS) is 23.9. The number of amides is 1. The van der Waals surface area contributed by atoms with Crippen LogP contribution in [0.1, 0.15) is 69.5 Å². The number of carbonyl (C=O) groups excluding carboxylic acids is 2. The van der Waals surface area contributed by atoms with Gasteiger partial charge in [0.05, 0.1) is 5.60 Å². The zero-order chi connectivity index (χ0) is 22.4. The number of Topliss-reactive ketones (excluding diaryl/α,β-unsaturated/α-hetero) is 1. The number of pyridine rings is 1. The number of carbonyl (C=O) groups is 3. The molecule has 3 rings (SSSR count). The van der Waals surface area contributed by atoms with Crippen molar-refractivity contribution in [1.29, 1.82) is 0 Å². The van der Waals surface area contributed by atoms with Gasteiger partial charge in [-0.05, 0) is 69.4 Å².